The molecule has 6 heteroatoms. The highest BCUT2D eigenvalue weighted by Gasteiger charge is 2.21. The number of imidazole rings is 1. The van der Waals surface area contributed by atoms with Crippen molar-refractivity contribution in [1.29, 1.82) is 0 Å². The molecule has 0 atom stereocenters. The molecule has 1 aromatic carbocycles. The van der Waals surface area contributed by atoms with Gasteiger partial charge >= 0.3 is 0 Å². The van der Waals surface area contributed by atoms with Crippen molar-refractivity contribution in [3.63, 3.8) is 0 Å². The van der Waals surface area contributed by atoms with Crippen LogP contribution in [0.3, 0.4) is 0 Å². The van der Waals surface area contributed by atoms with Crippen molar-refractivity contribution < 1.29 is 4.79 Å². The summed E-state index contributed by atoms with van der Waals surface area (Å²) in [5.41, 5.74) is 0.699. The average molecular weight is 305 g/mol. The Kier molecular flexibility index (Phi) is 4.22. The fraction of sp³-hybridized carbons (Fsp3) is 0.333. The van der Waals surface area contributed by atoms with E-state index in [0.29, 0.717) is 23.3 Å². The Morgan fingerprint density at radius 2 is 2.29 bits per heavy atom. The number of nitrogens with one attached hydrogen (secondary N) is 2. The van der Waals surface area contributed by atoms with Gasteiger partial charge in [0.05, 0.1) is 6.54 Å². The van der Waals surface area contributed by atoms with Crippen LogP contribution in [0.5, 0.6) is 0 Å². The highest BCUT2D eigenvalue weighted by molar-refractivity contribution is 6.30. The van der Waals surface area contributed by atoms with Gasteiger partial charge in [-0.2, -0.15) is 0 Å². The molecule has 5 nitrogen and oxygen atoms in total. The summed E-state index contributed by atoms with van der Waals surface area (Å²) in [5, 5.41) is 6.83. The lowest BCUT2D eigenvalue weighted by molar-refractivity contribution is -0.116. The van der Waals surface area contributed by atoms with Crippen LogP contribution >= 0.6 is 11.6 Å². The first kappa shape index (κ1) is 14.1. The van der Waals surface area contributed by atoms with Gasteiger partial charge in [0.15, 0.2) is 0 Å². The summed E-state index contributed by atoms with van der Waals surface area (Å²) in [6.45, 7) is 0.941. The summed E-state index contributed by atoms with van der Waals surface area (Å²) in [6, 6.07) is 7.74. The minimum atomic E-state index is -0.0945. The number of carbonyl (C=O) groups is 1. The third kappa shape index (κ3) is 4.06. The number of halogens is 1. The molecule has 21 heavy (non-hydrogen) atoms. The number of hydrogen-bond acceptors (Lipinski definition) is 3. The Hall–Kier alpha value is -1.85. The van der Waals surface area contributed by atoms with Gasteiger partial charge in [-0.1, -0.05) is 17.7 Å². The number of carbonyl (C=O) groups excluding carboxylic acids is 1. The van der Waals surface area contributed by atoms with Gasteiger partial charge in [-0.15, -0.1) is 0 Å². The van der Waals surface area contributed by atoms with E-state index in [0.717, 1.165) is 5.82 Å². The lowest BCUT2D eigenvalue weighted by Crippen LogP contribution is -2.23. The Morgan fingerprint density at radius 3 is 3.05 bits per heavy atom. The normalized spacial score (nSPS) is 14.1. The molecule has 0 bridgehead atoms. The van der Waals surface area contributed by atoms with Gasteiger partial charge in [0.2, 0.25) is 5.91 Å². The average Bonchev–Trinajstić information content (AvgIpc) is 3.17. The molecule has 0 radical (unpaired) electrons. The number of hydrogen-bond donors (Lipinski definition) is 2. The number of benzene rings is 1. The molecular formula is C15H17ClN4O. The van der Waals surface area contributed by atoms with Crippen molar-refractivity contribution in [2.75, 3.05) is 5.32 Å². The molecule has 110 valence electrons. The predicted molar refractivity (Wildman–Crippen MR) is 82.2 cm³/mol. The summed E-state index contributed by atoms with van der Waals surface area (Å²) in [4.78, 5) is 16.4. The second-order valence-electron chi connectivity index (χ2n) is 5.19. The molecule has 0 spiro atoms. The van der Waals surface area contributed by atoms with Gasteiger partial charge < -0.3 is 15.2 Å². The predicted octanol–water partition coefficient (Wildman–Crippen LogP) is 2.43. The van der Waals surface area contributed by atoms with Gasteiger partial charge in [-0.05, 0) is 31.0 Å². The van der Waals surface area contributed by atoms with Crippen LogP contribution in [-0.4, -0.2) is 21.5 Å². The molecule has 0 aliphatic heterocycles. The second-order valence-corrected chi connectivity index (χ2v) is 5.62. The maximum atomic E-state index is 12.1. The zero-order valence-corrected chi connectivity index (χ0v) is 12.3. The monoisotopic (exact) mass is 304 g/mol. The van der Waals surface area contributed by atoms with Crippen LogP contribution in [0.2, 0.25) is 5.02 Å². The van der Waals surface area contributed by atoms with Gasteiger partial charge in [-0.25, -0.2) is 4.98 Å². The van der Waals surface area contributed by atoms with Crippen LogP contribution in [0.4, 0.5) is 5.69 Å². The molecule has 1 aliphatic carbocycles. The first-order chi connectivity index (χ1) is 10.2. The van der Waals surface area contributed by atoms with Crippen molar-refractivity contribution in [3.05, 3.63) is 47.5 Å². The standard InChI is InChI=1S/C15H17ClN4O/c16-11-2-1-3-13(8-11)19-15(21)10-20-7-6-17-14(20)9-18-12-4-5-12/h1-3,6-8,12,18H,4-5,9-10H2,(H,19,21). The minimum absolute atomic E-state index is 0.0945. The van der Waals surface area contributed by atoms with Crippen LogP contribution in [0.25, 0.3) is 0 Å². The molecular weight excluding hydrogens is 288 g/mol. The largest absolute Gasteiger partial charge is 0.324 e. The van der Waals surface area contributed by atoms with Crippen LogP contribution < -0.4 is 10.6 Å². The third-order valence-electron chi connectivity index (χ3n) is 3.35. The molecule has 1 amide bonds. The summed E-state index contributed by atoms with van der Waals surface area (Å²) in [5.74, 6) is 0.783. The molecule has 0 saturated heterocycles. The number of rotatable bonds is 6. The SMILES string of the molecule is O=C(Cn1ccnc1CNC1CC1)Nc1cccc(Cl)c1. The van der Waals surface area contributed by atoms with Gasteiger partial charge in [0.25, 0.3) is 0 Å². The van der Waals surface area contributed by atoms with Crippen LogP contribution in [0, 0.1) is 0 Å². The van der Waals surface area contributed by atoms with Crippen molar-refractivity contribution >= 4 is 23.2 Å². The highest BCUT2D eigenvalue weighted by Crippen LogP contribution is 2.19. The summed E-state index contributed by atoms with van der Waals surface area (Å²) < 4.78 is 1.86. The molecule has 1 aliphatic rings. The van der Waals surface area contributed by atoms with E-state index in [9.17, 15) is 4.79 Å². The topological polar surface area (TPSA) is 59.0 Å². The van der Waals surface area contributed by atoms with Crippen LogP contribution in [0.15, 0.2) is 36.7 Å². The second kappa shape index (κ2) is 6.28. The first-order valence-corrected chi connectivity index (χ1v) is 7.37. The molecule has 1 fully saturated rings. The lowest BCUT2D eigenvalue weighted by Gasteiger charge is -2.09. The zero-order valence-electron chi connectivity index (χ0n) is 11.6. The van der Waals surface area contributed by atoms with E-state index in [4.69, 9.17) is 11.6 Å². The van der Waals surface area contributed by atoms with E-state index in [2.05, 4.69) is 15.6 Å². The molecule has 1 heterocycles. The van der Waals surface area contributed by atoms with E-state index in [-0.39, 0.29) is 12.5 Å². The molecule has 0 unspecified atom stereocenters. The number of amides is 1. The van der Waals surface area contributed by atoms with E-state index in [1.165, 1.54) is 12.8 Å². The molecule has 3 rings (SSSR count). The van der Waals surface area contributed by atoms with Crippen molar-refractivity contribution in [3.8, 4) is 0 Å². The maximum absolute atomic E-state index is 12.1. The van der Waals surface area contributed by atoms with Crippen molar-refractivity contribution in [2.45, 2.75) is 32.0 Å². The van der Waals surface area contributed by atoms with E-state index in [1.807, 2.05) is 16.8 Å². The van der Waals surface area contributed by atoms with E-state index < -0.39 is 0 Å². The fourth-order valence-corrected chi connectivity index (χ4v) is 2.29. The van der Waals surface area contributed by atoms with E-state index in [1.54, 1.807) is 24.4 Å². The quantitative estimate of drug-likeness (QED) is 0.862. The Bertz CT molecular complexity index is 636. The first-order valence-electron chi connectivity index (χ1n) is 6.99. The Balaban J connectivity index is 1.57. The smallest absolute Gasteiger partial charge is 0.244 e. The molecule has 1 saturated carbocycles. The van der Waals surface area contributed by atoms with Gasteiger partial charge in [-0.3, -0.25) is 4.79 Å². The lowest BCUT2D eigenvalue weighted by atomic mass is 10.3. The summed E-state index contributed by atoms with van der Waals surface area (Å²) >= 11 is 5.90. The molecule has 2 N–H and O–H groups in total. The van der Waals surface area contributed by atoms with Crippen molar-refractivity contribution in [2.24, 2.45) is 0 Å². The Morgan fingerprint density at radius 1 is 1.43 bits per heavy atom. The van der Waals surface area contributed by atoms with Crippen LogP contribution in [0.1, 0.15) is 18.7 Å². The fourth-order valence-electron chi connectivity index (χ4n) is 2.10. The minimum Gasteiger partial charge on any atom is -0.324 e. The third-order valence-corrected chi connectivity index (χ3v) is 3.59. The van der Waals surface area contributed by atoms with E-state index >= 15 is 0 Å². The van der Waals surface area contributed by atoms with Crippen molar-refractivity contribution in [1.82, 2.24) is 14.9 Å². The van der Waals surface area contributed by atoms with Gasteiger partial charge in [0, 0.05) is 29.1 Å². The number of aromatic nitrogens is 2. The maximum Gasteiger partial charge on any atom is 0.244 e. The summed E-state index contributed by atoms with van der Waals surface area (Å²) in [7, 11) is 0. The number of anilines is 1. The summed E-state index contributed by atoms with van der Waals surface area (Å²) in [6.07, 6.45) is 6.00. The van der Waals surface area contributed by atoms with Gasteiger partial charge in [0.1, 0.15) is 12.4 Å². The zero-order chi connectivity index (χ0) is 14.7. The molecule has 2 aromatic rings. The number of nitrogens with zero attached hydrogens (tertiary/aromatic N) is 2. The highest BCUT2D eigenvalue weighted by atomic mass is 35.5. The molecule has 1 aromatic heterocycles. The Labute approximate surface area is 128 Å². The van der Waals surface area contributed by atoms with Crippen LogP contribution in [-0.2, 0) is 17.9 Å².